The van der Waals surface area contributed by atoms with Gasteiger partial charge in [-0.25, -0.2) is 13.1 Å². The quantitative estimate of drug-likeness (QED) is 0.164. The number of thiophene rings is 1. The Morgan fingerprint density at radius 2 is 1.60 bits per heavy atom. The Kier molecular flexibility index (Phi) is 10.9. The molecule has 3 aromatic rings. The number of likely N-dealkylation sites (N-methyl/N-ethyl adjacent to an activating group) is 1. The maximum atomic E-state index is 13.1. The number of carbonyl (C=O) groups excluding carboxylic acids is 1. The summed E-state index contributed by atoms with van der Waals surface area (Å²) in [4.78, 5) is 13.1. The molecule has 0 fully saturated rings. The van der Waals surface area contributed by atoms with Crippen molar-refractivity contribution in [3.8, 4) is 11.8 Å². The fourth-order valence-electron chi connectivity index (χ4n) is 3.27. The highest BCUT2D eigenvalue weighted by Gasteiger charge is 2.28. The fourth-order valence-corrected chi connectivity index (χ4v) is 5.67. The van der Waals surface area contributed by atoms with Crippen molar-refractivity contribution in [1.29, 1.82) is 0 Å². The molecule has 1 atom stereocenters. The van der Waals surface area contributed by atoms with Gasteiger partial charge in [-0.3, -0.25) is 4.79 Å². The molecule has 6 nitrogen and oxygen atoms in total. The van der Waals surface area contributed by atoms with Gasteiger partial charge in [-0.2, -0.15) is 0 Å². The van der Waals surface area contributed by atoms with E-state index in [1.807, 2.05) is 81.8 Å². The van der Waals surface area contributed by atoms with Crippen LogP contribution in [0, 0.1) is 11.8 Å². The van der Waals surface area contributed by atoms with Crippen molar-refractivity contribution in [3.05, 3.63) is 88.8 Å². The van der Waals surface area contributed by atoms with Crippen molar-refractivity contribution < 1.29 is 46.4 Å². The Labute approximate surface area is 229 Å². The molecular formula is C26H29IN2O4S2. The zero-order valence-corrected chi connectivity index (χ0v) is 23.7. The Bertz CT molecular complexity index is 1260. The van der Waals surface area contributed by atoms with Gasteiger partial charge in [0.05, 0.1) is 45.0 Å². The molecule has 186 valence electrons. The highest BCUT2D eigenvalue weighted by atomic mass is 127. The molecule has 0 aliphatic carbocycles. The first-order chi connectivity index (χ1) is 16.1. The van der Waals surface area contributed by atoms with E-state index < -0.39 is 22.0 Å². The lowest BCUT2D eigenvalue weighted by molar-refractivity contribution is -0.871. The molecular weight excluding hydrogens is 595 g/mol. The minimum atomic E-state index is -3.82. The van der Waals surface area contributed by atoms with E-state index in [0.29, 0.717) is 15.9 Å². The van der Waals surface area contributed by atoms with Crippen LogP contribution < -0.4 is 28.7 Å². The lowest BCUT2D eigenvalue weighted by atomic mass is 10.2. The third-order valence-electron chi connectivity index (χ3n) is 4.70. The Balaban J connectivity index is 0.00000432. The number of sulfonamides is 1. The summed E-state index contributed by atoms with van der Waals surface area (Å²) in [6, 6.07) is 21.5. The van der Waals surface area contributed by atoms with Crippen molar-refractivity contribution in [2.45, 2.75) is 23.3 Å². The number of nitrogens with one attached hydrogen (secondary N) is 1. The number of benzene rings is 2. The van der Waals surface area contributed by atoms with Gasteiger partial charge in [0.25, 0.3) is 10.0 Å². The van der Waals surface area contributed by atoms with E-state index in [0.717, 1.165) is 22.5 Å². The number of hydrogen-bond acceptors (Lipinski definition) is 5. The number of ether oxygens (including phenoxy) is 1. The molecule has 0 aliphatic rings. The molecule has 0 aliphatic heterocycles. The summed E-state index contributed by atoms with van der Waals surface area (Å²) in [7, 11) is 2.01. The molecule has 1 aromatic heterocycles. The number of carbonyl (C=O) groups is 1. The van der Waals surface area contributed by atoms with E-state index >= 15 is 0 Å². The minimum Gasteiger partial charge on any atom is -1.00 e. The van der Waals surface area contributed by atoms with E-state index in [1.165, 1.54) is 0 Å². The van der Waals surface area contributed by atoms with Crippen molar-refractivity contribution >= 4 is 27.3 Å². The van der Waals surface area contributed by atoms with Crippen LogP contribution in [-0.4, -0.2) is 52.6 Å². The summed E-state index contributed by atoms with van der Waals surface area (Å²) in [5.74, 6) is 5.59. The molecule has 35 heavy (non-hydrogen) atoms. The van der Waals surface area contributed by atoms with Crippen molar-refractivity contribution in [2.75, 3.05) is 27.7 Å². The first-order valence-electron chi connectivity index (χ1n) is 10.8. The highest BCUT2D eigenvalue weighted by Crippen LogP contribution is 2.22. The standard InChI is InChI=1S/C26H29N2O4S2.HI/c1-28(2,3)19-23(18-25(29)32-20-22-12-8-5-9-13-22)27-34(30,31)26-17-16-24(33-26)15-14-21-10-6-4-7-11-21;/h4-13,16-17,23,27H,18-20H2,1-3H3;1H/q+1;/p-1. The average Bonchev–Trinajstić information content (AvgIpc) is 3.26. The van der Waals surface area contributed by atoms with Crippen LogP contribution in [0.5, 0.6) is 0 Å². The normalized spacial score (nSPS) is 12.1. The molecule has 1 N–H and O–H groups in total. The third kappa shape index (κ3) is 10.1. The molecule has 1 heterocycles. The molecule has 1 unspecified atom stereocenters. The van der Waals surface area contributed by atoms with E-state index in [9.17, 15) is 13.2 Å². The van der Waals surface area contributed by atoms with Crippen LogP contribution >= 0.6 is 11.3 Å². The number of rotatable bonds is 9. The predicted octanol–water partition coefficient (Wildman–Crippen LogP) is 0.639. The minimum absolute atomic E-state index is 0. The molecule has 0 amide bonds. The second-order valence-electron chi connectivity index (χ2n) is 8.88. The van der Waals surface area contributed by atoms with E-state index in [1.54, 1.807) is 12.1 Å². The SMILES string of the molecule is C[N+](C)(C)CC(CC(=O)OCc1ccccc1)NS(=O)(=O)c1ccc(C#Cc2ccccc2)s1.[I-]. The Hall–Kier alpha value is -2.23. The molecule has 0 saturated heterocycles. The number of esters is 1. The van der Waals surface area contributed by atoms with Crippen LogP contribution in [0.2, 0.25) is 0 Å². The van der Waals surface area contributed by atoms with Gasteiger partial charge in [0.15, 0.2) is 0 Å². The first kappa shape index (κ1) is 29.0. The fraction of sp³-hybridized carbons (Fsp3) is 0.269. The zero-order chi connectivity index (χ0) is 24.6. The zero-order valence-electron chi connectivity index (χ0n) is 19.9. The molecule has 3 rings (SSSR count). The van der Waals surface area contributed by atoms with Gasteiger partial charge in [-0.05, 0) is 29.8 Å². The van der Waals surface area contributed by atoms with E-state index in [4.69, 9.17) is 4.74 Å². The van der Waals surface area contributed by atoms with Gasteiger partial charge in [0, 0.05) is 5.56 Å². The second-order valence-corrected chi connectivity index (χ2v) is 11.9. The smallest absolute Gasteiger partial charge is 0.307 e. The van der Waals surface area contributed by atoms with Crippen molar-refractivity contribution in [3.63, 3.8) is 0 Å². The molecule has 0 radical (unpaired) electrons. The van der Waals surface area contributed by atoms with E-state index in [2.05, 4.69) is 16.6 Å². The van der Waals surface area contributed by atoms with Gasteiger partial charge in [-0.15, -0.1) is 11.3 Å². The summed E-state index contributed by atoms with van der Waals surface area (Å²) in [6.07, 6.45) is -0.0619. The average molecular weight is 625 g/mol. The monoisotopic (exact) mass is 624 g/mol. The lowest BCUT2D eigenvalue weighted by Gasteiger charge is -2.29. The van der Waals surface area contributed by atoms with Gasteiger partial charge >= 0.3 is 5.97 Å². The summed E-state index contributed by atoms with van der Waals surface area (Å²) < 4.78 is 34.9. The predicted molar refractivity (Wildman–Crippen MR) is 135 cm³/mol. The topological polar surface area (TPSA) is 72.5 Å². The summed E-state index contributed by atoms with van der Waals surface area (Å²) in [5.41, 5.74) is 1.73. The van der Waals surface area contributed by atoms with Gasteiger partial charge < -0.3 is 33.2 Å². The van der Waals surface area contributed by atoms with Crippen molar-refractivity contribution in [2.24, 2.45) is 0 Å². The van der Waals surface area contributed by atoms with Crippen LogP contribution in [0.3, 0.4) is 0 Å². The first-order valence-corrected chi connectivity index (χ1v) is 13.1. The molecule has 2 aromatic carbocycles. The highest BCUT2D eigenvalue weighted by molar-refractivity contribution is 7.91. The van der Waals surface area contributed by atoms with E-state index in [-0.39, 0.29) is 41.2 Å². The molecule has 0 bridgehead atoms. The molecule has 0 spiro atoms. The maximum absolute atomic E-state index is 13.1. The summed E-state index contributed by atoms with van der Waals surface area (Å²) in [6.45, 7) is 0.573. The van der Waals surface area contributed by atoms with Gasteiger partial charge in [0.1, 0.15) is 10.8 Å². The maximum Gasteiger partial charge on any atom is 0.307 e. The third-order valence-corrected chi connectivity index (χ3v) is 7.71. The van der Waals surface area contributed by atoms with Gasteiger partial charge in [0.2, 0.25) is 0 Å². The van der Waals surface area contributed by atoms with Crippen LogP contribution in [0.4, 0.5) is 0 Å². The van der Waals surface area contributed by atoms with Crippen LogP contribution in [0.15, 0.2) is 77.0 Å². The Morgan fingerprint density at radius 1 is 0.971 bits per heavy atom. The Morgan fingerprint density at radius 3 is 2.23 bits per heavy atom. The molecule has 0 saturated carbocycles. The second kappa shape index (κ2) is 13.2. The number of halogens is 1. The summed E-state index contributed by atoms with van der Waals surface area (Å²) in [5, 5.41) is 0. The van der Waals surface area contributed by atoms with Crippen molar-refractivity contribution in [1.82, 2.24) is 4.72 Å². The van der Waals surface area contributed by atoms with Gasteiger partial charge in [-0.1, -0.05) is 60.4 Å². The number of quaternary nitrogens is 1. The molecule has 9 heteroatoms. The largest absolute Gasteiger partial charge is 1.00 e. The number of nitrogens with zero attached hydrogens (tertiary/aromatic N) is 1. The van der Waals surface area contributed by atoms with Crippen LogP contribution in [0.25, 0.3) is 0 Å². The lowest BCUT2D eigenvalue weighted by Crippen LogP contribution is -3.00. The summed E-state index contributed by atoms with van der Waals surface area (Å²) >= 11 is 1.10. The van der Waals surface area contributed by atoms with Crippen LogP contribution in [0.1, 0.15) is 22.4 Å². The van der Waals surface area contributed by atoms with Crippen LogP contribution in [-0.2, 0) is 26.2 Å². The number of hydrogen-bond donors (Lipinski definition) is 1.